The molecule has 4 rings (SSSR count). The molecular formula is C21H21N5OS. The van der Waals surface area contributed by atoms with Gasteiger partial charge in [0.05, 0.1) is 16.8 Å². The van der Waals surface area contributed by atoms with E-state index in [4.69, 9.17) is 4.98 Å². The molecule has 0 fully saturated rings. The van der Waals surface area contributed by atoms with Crippen LogP contribution in [0.2, 0.25) is 0 Å². The molecule has 0 aliphatic carbocycles. The van der Waals surface area contributed by atoms with Crippen LogP contribution in [0.15, 0.2) is 48.9 Å². The summed E-state index contributed by atoms with van der Waals surface area (Å²) in [6.45, 7) is 4.42. The molecule has 0 spiro atoms. The molecule has 0 saturated heterocycles. The summed E-state index contributed by atoms with van der Waals surface area (Å²) in [5.41, 5.74) is 4.39. The number of aryl methyl sites for hydroxylation is 3. The van der Waals surface area contributed by atoms with Crippen LogP contribution in [0.3, 0.4) is 0 Å². The second-order valence-corrected chi connectivity index (χ2v) is 7.75. The van der Waals surface area contributed by atoms with Gasteiger partial charge in [-0.3, -0.25) is 19.4 Å². The minimum Gasteiger partial charge on any atom is -0.278 e. The Hall–Kier alpha value is -3.06. The molecule has 0 aliphatic rings. The first-order chi connectivity index (χ1) is 13.5. The minimum atomic E-state index is -0.156. The van der Waals surface area contributed by atoms with Gasteiger partial charge in [0, 0.05) is 31.2 Å². The fourth-order valence-corrected chi connectivity index (χ4v) is 4.17. The molecular weight excluding hydrogens is 370 g/mol. The lowest BCUT2D eigenvalue weighted by molar-refractivity contribution is 0.0979. The van der Waals surface area contributed by atoms with Crippen molar-refractivity contribution in [1.82, 2.24) is 19.7 Å². The largest absolute Gasteiger partial charge is 0.281 e. The molecule has 1 aromatic carbocycles. The Labute approximate surface area is 167 Å². The highest BCUT2D eigenvalue weighted by Crippen LogP contribution is 2.31. The number of hydrogen-bond acceptors (Lipinski definition) is 5. The standard InChI is InChI=1S/C21H21N5OS/c1-4-15-7-8-17-18(10-15)28-21(23-17)26(13-16-6-5-9-22-11-16)20(27)19-14(2)12-25(3)24-19/h5-12H,4,13H2,1-3H3. The molecule has 3 heterocycles. The molecule has 0 bridgehead atoms. The third-order valence-electron chi connectivity index (χ3n) is 4.60. The van der Waals surface area contributed by atoms with E-state index in [1.54, 1.807) is 22.0 Å². The van der Waals surface area contributed by atoms with Gasteiger partial charge in [0.25, 0.3) is 5.91 Å². The quantitative estimate of drug-likeness (QED) is 0.513. The lowest BCUT2D eigenvalue weighted by atomic mass is 10.2. The predicted molar refractivity (Wildman–Crippen MR) is 112 cm³/mol. The number of benzene rings is 1. The average molecular weight is 392 g/mol. The lowest BCUT2D eigenvalue weighted by Crippen LogP contribution is -2.31. The summed E-state index contributed by atoms with van der Waals surface area (Å²) in [5.74, 6) is -0.156. The lowest BCUT2D eigenvalue weighted by Gasteiger charge is -2.19. The van der Waals surface area contributed by atoms with Gasteiger partial charge in [-0.05, 0) is 42.7 Å². The van der Waals surface area contributed by atoms with Crippen molar-refractivity contribution in [3.05, 3.63) is 71.3 Å². The van der Waals surface area contributed by atoms with Crippen molar-refractivity contribution in [2.24, 2.45) is 7.05 Å². The number of pyridine rings is 1. The zero-order chi connectivity index (χ0) is 19.7. The molecule has 0 N–H and O–H groups in total. The van der Waals surface area contributed by atoms with E-state index in [0.717, 1.165) is 27.8 Å². The Morgan fingerprint density at radius 3 is 2.79 bits per heavy atom. The molecule has 3 aromatic heterocycles. The van der Waals surface area contributed by atoms with Crippen LogP contribution < -0.4 is 4.90 Å². The third kappa shape index (κ3) is 3.53. The number of nitrogens with zero attached hydrogens (tertiary/aromatic N) is 5. The predicted octanol–water partition coefficient (Wildman–Crippen LogP) is 4.14. The SMILES string of the molecule is CCc1ccc2nc(N(Cc3cccnc3)C(=O)c3nn(C)cc3C)sc2c1. The maximum Gasteiger partial charge on any atom is 0.281 e. The first-order valence-electron chi connectivity index (χ1n) is 9.15. The topological polar surface area (TPSA) is 63.9 Å². The van der Waals surface area contributed by atoms with Crippen LogP contribution in [-0.2, 0) is 20.0 Å². The number of amides is 1. The second kappa shape index (κ2) is 7.52. The summed E-state index contributed by atoms with van der Waals surface area (Å²) in [4.78, 5) is 24.0. The van der Waals surface area contributed by atoms with Crippen LogP contribution in [0.25, 0.3) is 10.2 Å². The van der Waals surface area contributed by atoms with Crippen molar-refractivity contribution in [3.8, 4) is 0 Å². The van der Waals surface area contributed by atoms with Crippen molar-refractivity contribution in [1.29, 1.82) is 0 Å². The molecule has 0 unspecified atom stereocenters. The van der Waals surface area contributed by atoms with Gasteiger partial charge in [-0.25, -0.2) is 4.98 Å². The molecule has 0 atom stereocenters. The van der Waals surface area contributed by atoms with Crippen LogP contribution in [0.1, 0.15) is 34.1 Å². The zero-order valence-corrected chi connectivity index (χ0v) is 16.9. The van der Waals surface area contributed by atoms with E-state index in [0.29, 0.717) is 17.4 Å². The van der Waals surface area contributed by atoms with Crippen LogP contribution in [-0.4, -0.2) is 25.7 Å². The first kappa shape index (κ1) is 18.3. The van der Waals surface area contributed by atoms with Crippen LogP contribution in [0.5, 0.6) is 0 Å². The van der Waals surface area contributed by atoms with E-state index in [2.05, 4.69) is 29.1 Å². The van der Waals surface area contributed by atoms with E-state index in [-0.39, 0.29) is 5.91 Å². The number of rotatable bonds is 5. The van der Waals surface area contributed by atoms with Crippen LogP contribution in [0, 0.1) is 6.92 Å². The van der Waals surface area contributed by atoms with Crippen LogP contribution >= 0.6 is 11.3 Å². The van der Waals surface area contributed by atoms with E-state index in [9.17, 15) is 4.79 Å². The maximum atomic E-state index is 13.4. The van der Waals surface area contributed by atoms with Crippen molar-refractivity contribution in [2.45, 2.75) is 26.8 Å². The monoisotopic (exact) mass is 391 g/mol. The van der Waals surface area contributed by atoms with Gasteiger partial charge >= 0.3 is 0 Å². The zero-order valence-electron chi connectivity index (χ0n) is 16.1. The fraction of sp³-hybridized carbons (Fsp3) is 0.238. The van der Waals surface area contributed by atoms with Gasteiger partial charge in [-0.1, -0.05) is 30.4 Å². The fourth-order valence-electron chi connectivity index (χ4n) is 3.14. The smallest absolute Gasteiger partial charge is 0.278 e. The Bertz CT molecular complexity index is 1130. The third-order valence-corrected chi connectivity index (χ3v) is 5.64. The van der Waals surface area contributed by atoms with Crippen LogP contribution in [0.4, 0.5) is 5.13 Å². The highest BCUT2D eigenvalue weighted by Gasteiger charge is 2.25. The summed E-state index contributed by atoms with van der Waals surface area (Å²) in [7, 11) is 1.82. The molecule has 4 aromatic rings. The van der Waals surface area contributed by atoms with Crippen molar-refractivity contribution in [3.63, 3.8) is 0 Å². The number of aromatic nitrogens is 4. The summed E-state index contributed by atoms with van der Waals surface area (Å²) in [6, 6.07) is 10.1. The molecule has 0 saturated carbocycles. The number of anilines is 1. The molecule has 7 heteroatoms. The average Bonchev–Trinajstić information content (AvgIpc) is 3.27. The van der Waals surface area contributed by atoms with Gasteiger partial charge in [0.2, 0.25) is 0 Å². The normalized spacial score (nSPS) is 11.1. The summed E-state index contributed by atoms with van der Waals surface area (Å²) in [5, 5.41) is 5.03. The number of thiazole rings is 1. The Kier molecular flexibility index (Phi) is 4.92. The first-order valence-corrected chi connectivity index (χ1v) is 9.97. The Morgan fingerprint density at radius 2 is 2.11 bits per heavy atom. The van der Waals surface area contributed by atoms with E-state index < -0.39 is 0 Å². The van der Waals surface area contributed by atoms with Gasteiger partial charge in [0.1, 0.15) is 0 Å². The number of carbonyl (C=O) groups excluding carboxylic acids is 1. The maximum absolute atomic E-state index is 13.4. The summed E-state index contributed by atoms with van der Waals surface area (Å²) >= 11 is 1.53. The number of hydrogen-bond donors (Lipinski definition) is 0. The van der Waals surface area contributed by atoms with E-state index >= 15 is 0 Å². The van der Waals surface area contributed by atoms with Crippen molar-refractivity contribution < 1.29 is 4.79 Å². The molecule has 0 radical (unpaired) electrons. The van der Waals surface area contributed by atoms with E-state index in [1.165, 1.54) is 16.9 Å². The van der Waals surface area contributed by atoms with Crippen molar-refractivity contribution >= 4 is 32.6 Å². The second-order valence-electron chi connectivity index (χ2n) is 6.74. The molecule has 142 valence electrons. The minimum absolute atomic E-state index is 0.156. The number of fused-ring (bicyclic) bond motifs is 1. The highest BCUT2D eigenvalue weighted by atomic mass is 32.1. The molecule has 6 nitrogen and oxygen atoms in total. The highest BCUT2D eigenvalue weighted by molar-refractivity contribution is 7.22. The van der Waals surface area contributed by atoms with E-state index in [1.807, 2.05) is 38.4 Å². The molecule has 1 amide bonds. The van der Waals surface area contributed by atoms with Gasteiger partial charge in [-0.15, -0.1) is 0 Å². The summed E-state index contributed by atoms with van der Waals surface area (Å²) < 4.78 is 2.74. The Balaban J connectivity index is 1.78. The number of carbonyl (C=O) groups is 1. The molecule has 0 aliphatic heterocycles. The van der Waals surface area contributed by atoms with Gasteiger partial charge in [-0.2, -0.15) is 5.10 Å². The summed E-state index contributed by atoms with van der Waals surface area (Å²) in [6.07, 6.45) is 6.31. The van der Waals surface area contributed by atoms with Gasteiger partial charge in [0.15, 0.2) is 10.8 Å². The van der Waals surface area contributed by atoms with Gasteiger partial charge < -0.3 is 0 Å². The molecule has 28 heavy (non-hydrogen) atoms. The van der Waals surface area contributed by atoms with Crippen molar-refractivity contribution in [2.75, 3.05) is 4.90 Å². The Morgan fingerprint density at radius 1 is 1.25 bits per heavy atom.